The van der Waals surface area contributed by atoms with E-state index in [0.717, 1.165) is 12.6 Å². The van der Waals surface area contributed by atoms with E-state index in [1.165, 1.54) is 71.0 Å². The van der Waals surface area contributed by atoms with Crippen molar-refractivity contribution < 1.29 is 4.74 Å². The third-order valence-corrected chi connectivity index (χ3v) is 5.41. The molecule has 19 heavy (non-hydrogen) atoms. The SMILES string of the molecule is CC1CC(N2CCCNC3(CCCCC3)C2)CCO1. The lowest BCUT2D eigenvalue weighted by Gasteiger charge is -2.43. The maximum absolute atomic E-state index is 5.72. The number of ether oxygens (including phenoxy) is 1. The average molecular weight is 266 g/mol. The van der Waals surface area contributed by atoms with E-state index in [9.17, 15) is 0 Å². The number of hydrogen-bond acceptors (Lipinski definition) is 3. The molecule has 3 fully saturated rings. The second kappa shape index (κ2) is 6.11. The molecule has 2 unspecified atom stereocenters. The molecule has 0 aromatic rings. The van der Waals surface area contributed by atoms with Crippen LogP contribution in [0.1, 0.15) is 58.3 Å². The molecule has 2 aliphatic heterocycles. The predicted molar refractivity (Wildman–Crippen MR) is 78.4 cm³/mol. The minimum Gasteiger partial charge on any atom is -0.378 e. The number of nitrogens with one attached hydrogen (secondary N) is 1. The average Bonchev–Trinajstić information content (AvgIpc) is 2.63. The zero-order valence-corrected chi connectivity index (χ0v) is 12.5. The van der Waals surface area contributed by atoms with Crippen molar-refractivity contribution in [1.29, 1.82) is 0 Å². The molecule has 3 aliphatic rings. The molecular formula is C16H30N2O. The van der Waals surface area contributed by atoms with E-state index in [2.05, 4.69) is 17.1 Å². The highest BCUT2D eigenvalue weighted by atomic mass is 16.5. The second-order valence-corrected chi connectivity index (χ2v) is 6.95. The zero-order valence-electron chi connectivity index (χ0n) is 12.5. The van der Waals surface area contributed by atoms with Crippen LogP contribution in [0.25, 0.3) is 0 Å². The summed E-state index contributed by atoms with van der Waals surface area (Å²) in [6.07, 6.45) is 11.3. The molecule has 110 valence electrons. The first kappa shape index (κ1) is 13.8. The van der Waals surface area contributed by atoms with Crippen LogP contribution in [-0.4, -0.2) is 48.8 Å². The van der Waals surface area contributed by atoms with E-state index in [0.29, 0.717) is 11.6 Å². The summed E-state index contributed by atoms with van der Waals surface area (Å²) in [4.78, 5) is 2.80. The van der Waals surface area contributed by atoms with Crippen LogP contribution in [0.5, 0.6) is 0 Å². The van der Waals surface area contributed by atoms with Gasteiger partial charge in [0.05, 0.1) is 6.10 Å². The lowest BCUT2D eigenvalue weighted by molar-refractivity contribution is -0.0226. The van der Waals surface area contributed by atoms with Gasteiger partial charge in [-0.25, -0.2) is 0 Å². The first-order valence-electron chi connectivity index (χ1n) is 8.38. The maximum Gasteiger partial charge on any atom is 0.0561 e. The molecule has 0 amide bonds. The molecule has 0 bridgehead atoms. The Morgan fingerprint density at radius 2 is 2.00 bits per heavy atom. The van der Waals surface area contributed by atoms with Gasteiger partial charge in [-0.05, 0) is 52.1 Å². The van der Waals surface area contributed by atoms with Crippen molar-refractivity contribution in [3.63, 3.8) is 0 Å². The van der Waals surface area contributed by atoms with Gasteiger partial charge in [-0.3, -0.25) is 4.90 Å². The molecule has 1 aliphatic carbocycles. The minimum atomic E-state index is 0.441. The van der Waals surface area contributed by atoms with E-state index in [1.807, 2.05) is 0 Å². The third kappa shape index (κ3) is 3.32. The van der Waals surface area contributed by atoms with Gasteiger partial charge in [0.15, 0.2) is 0 Å². The first-order chi connectivity index (χ1) is 9.27. The van der Waals surface area contributed by atoms with Gasteiger partial charge in [0, 0.05) is 24.7 Å². The molecule has 2 saturated heterocycles. The second-order valence-electron chi connectivity index (χ2n) is 6.95. The van der Waals surface area contributed by atoms with Crippen LogP contribution in [-0.2, 0) is 4.74 Å². The maximum atomic E-state index is 5.72. The van der Waals surface area contributed by atoms with Crippen LogP contribution in [0.15, 0.2) is 0 Å². The Hall–Kier alpha value is -0.120. The Kier molecular flexibility index (Phi) is 4.45. The van der Waals surface area contributed by atoms with Crippen LogP contribution in [0.4, 0.5) is 0 Å². The Labute approximate surface area is 118 Å². The van der Waals surface area contributed by atoms with E-state index in [-0.39, 0.29) is 0 Å². The largest absolute Gasteiger partial charge is 0.378 e. The summed E-state index contributed by atoms with van der Waals surface area (Å²) in [5, 5.41) is 3.90. The monoisotopic (exact) mass is 266 g/mol. The van der Waals surface area contributed by atoms with Crippen molar-refractivity contribution >= 4 is 0 Å². The molecule has 3 heteroatoms. The van der Waals surface area contributed by atoms with Gasteiger partial charge in [0.2, 0.25) is 0 Å². The van der Waals surface area contributed by atoms with Gasteiger partial charge >= 0.3 is 0 Å². The Morgan fingerprint density at radius 1 is 1.16 bits per heavy atom. The van der Waals surface area contributed by atoms with E-state index < -0.39 is 0 Å². The lowest BCUT2D eigenvalue weighted by Crippen LogP contribution is -2.55. The minimum absolute atomic E-state index is 0.441. The highest BCUT2D eigenvalue weighted by molar-refractivity contribution is 4.97. The van der Waals surface area contributed by atoms with Crippen molar-refractivity contribution in [3.8, 4) is 0 Å². The summed E-state index contributed by atoms with van der Waals surface area (Å²) in [6, 6.07) is 0.766. The number of nitrogens with zero attached hydrogens (tertiary/aromatic N) is 1. The molecule has 0 aromatic carbocycles. The predicted octanol–water partition coefficient (Wildman–Crippen LogP) is 2.55. The summed E-state index contributed by atoms with van der Waals surface area (Å²) < 4.78 is 5.72. The summed E-state index contributed by atoms with van der Waals surface area (Å²) in [5.74, 6) is 0. The van der Waals surface area contributed by atoms with Crippen LogP contribution in [0.2, 0.25) is 0 Å². The smallest absolute Gasteiger partial charge is 0.0561 e. The fourth-order valence-electron chi connectivity index (χ4n) is 4.34. The fraction of sp³-hybridized carbons (Fsp3) is 1.00. The zero-order chi connectivity index (χ0) is 13.1. The first-order valence-corrected chi connectivity index (χ1v) is 8.38. The number of rotatable bonds is 1. The molecule has 1 saturated carbocycles. The topological polar surface area (TPSA) is 24.5 Å². The normalized spacial score (nSPS) is 37.1. The molecule has 1 N–H and O–H groups in total. The van der Waals surface area contributed by atoms with Gasteiger partial charge < -0.3 is 10.1 Å². The van der Waals surface area contributed by atoms with Gasteiger partial charge in [0.1, 0.15) is 0 Å². The highest BCUT2D eigenvalue weighted by Gasteiger charge is 2.37. The molecular weight excluding hydrogens is 236 g/mol. The Morgan fingerprint density at radius 3 is 2.79 bits per heavy atom. The summed E-state index contributed by atoms with van der Waals surface area (Å²) in [6.45, 7) is 6.98. The van der Waals surface area contributed by atoms with Crippen LogP contribution in [0, 0.1) is 0 Å². The fourth-order valence-corrected chi connectivity index (χ4v) is 4.34. The van der Waals surface area contributed by atoms with Crippen LogP contribution >= 0.6 is 0 Å². The van der Waals surface area contributed by atoms with Gasteiger partial charge in [-0.15, -0.1) is 0 Å². The van der Waals surface area contributed by atoms with E-state index in [1.54, 1.807) is 0 Å². The van der Waals surface area contributed by atoms with Gasteiger partial charge in [-0.2, -0.15) is 0 Å². The van der Waals surface area contributed by atoms with E-state index in [4.69, 9.17) is 4.74 Å². The summed E-state index contributed by atoms with van der Waals surface area (Å²) in [5.41, 5.74) is 0.441. The molecule has 3 nitrogen and oxygen atoms in total. The van der Waals surface area contributed by atoms with Crippen molar-refractivity contribution in [2.75, 3.05) is 26.2 Å². The Balaban J connectivity index is 1.66. The van der Waals surface area contributed by atoms with Crippen molar-refractivity contribution in [1.82, 2.24) is 10.2 Å². The quantitative estimate of drug-likeness (QED) is 0.789. The van der Waals surface area contributed by atoms with Crippen LogP contribution in [0.3, 0.4) is 0 Å². The number of hydrogen-bond donors (Lipinski definition) is 1. The van der Waals surface area contributed by atoms with Crippen LogP contribution < -0.4 is 5.32 Å². The lowest BCUT2D eigenvalue weighted by atomic mass is 9.81. The highest BCUT2D eigenvalue weighted by Crippen LogP contribution is 2.32. The summed E-state index contributed by atoms with van der Waals surface area (Å²) >= 11 is 0. The van der Waals surface area contributed by atoms with Crippen molar-refractivity contribution in [3.05, 3.63) is 0 Å². The molecule has 2 atom stereocenters. The molecule has 3 rings (SSSR count). The third-order valence-electron chi connectivity index (χ3n) is 5.41. The molecule has 0 radical (unpaired) electrons. The molecule has 0 aromatic heterocycles. The van der Waals surface area contributed by atoms with Gasteiger partial charge in [0.25, 0.3) is 0 Å². The van der Waals surface area contributed by atoms with Crippen molar-refractivity contribution in [2.24, 2.45) is 0 Å². The molecule has 2 heterocycles. The Bertz CT molecular complexity index is 288. The van der Waals surface area contributed by atoms with Gasteiger partial charge in [-0.1, -0.05) is 19.3 Å². The van der Waals surface area contributed by atoms with E-state index >= 15 is 0 Å². The molecule has 1 spiro atoms. The standard InChI is InChI=1S/C16H30N2O/c1-14-12-15(6-11-19-14)18-10-5-9-17-16(13-18)7-3-2-4-8-16/h14-15,17H,2-13H2,1H3. The van der Waals surface area contributed by atoms with Crippen molar-refractivity contribution in [2.45, 2.75) is 76.0 Å². The summed E-state index contributed by atoms with van der Waals surface area (Å²) in [7, 11) is 0.